The normalized spacial score (nSPS) is 23.9. The van der Waals surface area contributed by atoms with Crippen molar-refractivity contribution in [2.75, 3.05) is 13.1 Å². The molecule has 2 aromatic rings. The van der Waals surface area contributed by atoms with E-state index in [-0.39, 0.29) is 0 Å². The van der Waals surface area contributed by atoms with E-state index in [4.69, 9.17) is 0 Å². The number of aromatic nitrogens is 3. The Hall–Kier alpha value is -1.72. The summed E-state index contributed by atoms with van der Waals surface area (Å²) in [6.45, 7) is 7.71. The first-order valence-corrected chi connectivity index (χ1v) is 7.14. The summed E-state index contributed by atoms with van der Waals surface area (Å²) in [5.41, 5.74) is 2.39. The summed E-state index contributed by atoms with van der Waals surface area (Å²) in [5, 5.41) is 7.61. The molecule has 0 amide bonds. The maximum Gasteiger partial charge on any atom is 0.138 e. The van der Waals surface area contributed by atoms with E-state index < -0.39 is 0 Å². The van der Waals surface area contributed by atoms with Gasteiger partial charge in [0.05, 0.1) is 5.69 Å². The molecule has 0 radical (unpaired) electrons. The molecule has 0 saturated carbocycles. The topological polar surface area (TPSA) is 46.0 Å². The standard InChI is InChI=1S/C15H21N5/c1-12-7-16-8-13(2)19(12)9-14-3-5-15(6-4-14)20-11-17-10-18-20/h3-6,10-13,16H,7-9H2,1-2H3. The molecule has 1 aliphatic heterocycles. The lowest BCUT2D eigenvalue weighted by Crippen LogP contribution is -2.54. The zero-order valence-electron chi connectivity index (χ0n) is 12.0. The average Bonchev–Trinajstić information content (AvgIpc) is 2.98. The molecule has 1 aromatic carbocycles. The summed E-state index contributed by atoms with van der Waals surface area (Å²) in [4.78, 5) is 6.53. The second kappa shape index (κ2) is 5.73. The molecule has 0 spiro atoms. The van der Waals surface area contributed by atoms with Crippen LogP contribution in [0.2, 0.25) is 0 Å². The fourth-order valence-corrected chi connectivity index (χ4v) is 2.79. The van der Waals surface area contributed by atoms with Gasteiger partial charge in [0.1, 0.15) is 12.7 Å². The molecular formula is C15H21N5. The van der Waals surface area contributed by atoms with Gasteiger partial charge in [-0.1, -0.05) is 12.1 Å². The van der Waals surface area contributed by atoms with Crippen molar-refractivity contribution in [2.24, 2.45) is 0 Å². The fourth-order valence-electron chi connectivity index (χ4n) is 2.79. The Labute approximate surface area is 119 Å². The molecule has 2 heterocycles. The molecule has 2 atom stereocenters. The Morgan fingerprint density at radius 2 is 1.85 bits per heavy atom. The predicted molar refractivity (Wildman–Crippen MR) is 78.7 cm³/mol. The largest absolute Gasteiger partial charge is 0.314 e. The van der Waals surface area contributed by atoms with Crippen molar-refractivity contribution in [3.8, 4) is 5.69 Å². The van der Waals surface area contributed by atoms with Crippen LogP contribution >= 0.6 is 0 Å². The summed E-state index contributed by atoms with van der Waals surface area (Å²) >= 11 is 0. The van der Waals surface area contributed by atoms with Crippen molar-refractivity contribution >= 4 is 0 Å². The monoisotopic (exact) mass is 271 g/mol. The average molecular weight is 271 g/mol. The Kier molecular flexibility index (Phi) is 3.80. The van der Waals surface area contributed by atoms with Crippen molar-refractivity contribution < 1.29 is 0 Å². The first-order chi connectivity index (χ1) is 9.74. The minimum absolute atomic E-state index is 0.578. The maximum absolute atomic E-state index is 4.14. The second-order valence-electron chi connectivity index (χ2n) is 5.54. The van der Waals surface area contributed by atoms with Crippen LogP contribution in [0.25, 0.3) is 5.69 Å². The number of hydrogen-bond donors (Lipinski definition) is 1. The zero-order chi connectivity index (χ0) is 13.9. The van der Waals surface area contributed by atoms with Crippen LogP contribution in [0.15, 0.2) is 36.9 Å². The SMILES string of the molecule is CC1CNCC(C)N1Cc1ccc(-n2cncn2)cc1. The van der Waals surface area contributed by atoms with Crippen molar-refractivity contribution in [3.05, 3.63) is 42.5 Å². The minimum atomic E-state index is 0.578. The summed E-state index contributed by atoms with van der Waals surface area (Å²) in [6.07, 6.45) is 3.27. The molecule has 2 unspecified atom stereocenters. The van der Waals surface area contributed by atoms with E-state index in [2.05, 4.69) is 58.4 Å². The van der Waals surface area contributed by atoms with Crippen molar-refractivity contribution in [2.45, 2.75) is 32.5 Å². The highest BCUT2D eigenvalue weighted by Gasteiger charge is 2.24. The van der Waals surface area contributed by atoms with Crippen LogP contribution in [0.1, 0.15) is 19.4 Å². The van der Waals surface area contributed by atoms with Crippen LogP contribution in [-0.4, -0.2) is 44.8 Å². The quantitative estimate of drug-likeness (QED) is 0.918. The van der Waals surface area contributed by atoms with E-state index in [0.29, 0.717) is 12.1 Å². The Balaban J connectivity index is 1.71. The van der Waals surface area contributed by atoms with E-state index in [1.54, 1.807) is 17.3 Å². The van der Waals surface area contributed by atoms with Gasteiger partial charge < -0.3 is 5.32 Å². The third kappa shape index (κ3) is 2.73. The highest BCUT2D eigenvalue weighted by molar-refractivity contribution is 5.33. The van der Waals surface area contributed by atoms with E-state index in [1.165, 1.54) is 5.56 Å². The predicted octanol–water partition coefficient (Wildman–Crippen LogP) is 1.45. The van der Waals surface area contributed by atoms with Gasteiger partial charge in [0.2, 0.25) is 0 Å². The molecule has 1 aliphatic rings. The minimum Gasteiger partial charge on any atom is -0.314 e. The molecule has 5 nitrogen and oxygen atoms in total. The zero-order valence-corrected chi connectivity index (χ0v) is 12.0. The maximum atomic E-state index is 4.14. The van der Waals surface area contributed by atoms with Crippen LogP contribution in [-0.2, 0) is 6.54 Å². The van der Waals surface area contributed by atoms with Gasteiger partial charge in [-0.25, -0.2) is 9.67 Å². The lowest BCUT2D eigenvalue weighted by Gasteiger charge is -2.39. The highest BCUT2D eigenvalue weighted by atomic mass is 15.3. The van der Waals surface area contributed by atoms with Gasteiger partial charge in [0.15, 0.2) is 0 Å². The highest BCUT2D eigenvalue weighted by Crippen LogP contribution is 2.16. The van der Waals surface area contributed by atoms with Crippen LogP contribution in [0, 0.1) is 0 Å². The number of nitrogens with one attached hydrogen (secondary N) is 1. The molecule has 106 valence electrons. The van der Waals surface area contributed by atoms with E-state index in [0.717, 1.165) is 25.3 Å². The van der Waals surface area contributed by atoms with Gasteiger partial charge in [0.25, 0.3) is 0 Å². The fraction of sp³-hybridized carbons (Fsp3) is 0.467. The number of rotatable bonds is 3. The molecule has 0 bridgehead atoms. The van der Waals surface area contributed by atoms with Crippen LogP contribution in [0.5, 0.6) is 0 Å². The number of piperazine rings is 1. The number of benzene rings is 1. The third-order valence-corrected chi connectivity index (χ3v) is 4.00. The smallest absolute Gasteiger partial charge is 0.138 e. The first kappa shape index (κ1) is 13.3. The van der Waals surface area contributed by atoms with Crippen LogP contribution < -0.4 is 5.32 Å². The Bertz CT molecular complexity index is 524. The van der Waals surface area contributed by atoms with Crippen molar-refractivity contribution in [1.29, 1.82) is 0 Å². The molecule has 1 saturated heterocycles. The Morgan fingerprint density at radius 3 is 2.45 bits per heavy atom. The lowest BCUT2D eigenvalue weighted by molar-refractivity contribution is 0.109. The molecule has 1 fully saturated rings. The molecule has 20 heavy (non-hydrogen) atoms. The van der Waals surface area contributed by atoms with E-state index >= 15 is 0 Å². The number of nitrogens with zero attached hydrogens (tertiary/aromatic N) is 4. The van der Waals surface area contributed by atoms with Gasteiger partial charge in [0, 0.05) is 31.7 Å². The van der Waals surface area contributed by atoms with Gasteiger partial charge in [-0.2, -0.15) is 5.10 Å². The molecule has 5 heteroatoms. The molecule has 3 rings (SSSR count). The van der Waals surface area contributed by atoms with Gasteiger partial charge in [-0.05, 0) is 31.5 Å². The molecular weight excluding hydrogens is 250 g/mol. The molecule has 1 aromatic heterocycles. The van der Waals surface area contributed by atoms with E-state index in [9.17, 15) is 0 Å². The number of hydrogen-bond acceptors (Lipinski definition) is 4. The summed E-state index contributed by atoms with van der Waals surface area (Å²) in [7, 11) is 0. The van der Waals surface area contributed by atoms with Crippen LogP contribution in [0.4, 0.5) is 0 Å². The first-order valence-electron chi connectivity index (χ1n) is 7.14. The van der Waals surface area contributed by atoms with Crippen molar-refractivity contribution in [3.63, 3.8) is 0 Å². The summed E-state index contributed by atoms with van der Waals surface area (Å²) in [6, 6.07) is 9.71. The van der Waals surface area contributed by atoms with Gasteiger partial charge in [-0.15, -0.1) is 0 Å². The lowest BCUT2D eigenvalue weighted by atomic mass is 10.1. The summed E-state index contributed by atoms with van der Waals surface area (Å²) in [5.74, 6) is 0. The summed E-state index contributed by atoms with van der Waals surface area (Å²) < 4.78 is 1.78. The van der Waals surface area contributed by atoms with E-state index in [1.807, 2.05) is 0 Å². The Morgan fingerprint density at radius 1 is 1.15 bits per heavy atom. The second-order valence-corrected chi connectivity index (χ2v) is 5.54. The van der Waals surface area contributed by atoms with Gasteiger partial charge in [-0.3, -0.25) is 4.90 Å². The van der Waals surface area contributed by atoms with Crippen LogP contribution in [0.3, 0.4) is 0 Å². The third-order valence-electron chi connectivity index (χ3n) is 4.00. The van der Waals surface area contributed by atoms with Gasteiger partial charge >= 0.3 is 0 Å². The molecule has 0 aliphatic carbocycles. The molecule has 1 N–H and O–H groups in total. The van der Waals surface area contributed by atoms with Crippen molar-refractivity contribution in [1.82, 2.24) is 25.0 Å².